The first kappa shape index (κ1) is 18.0. The van der Waals surface area contributed by atoms with Crippen LogP contribution >= 0.6 is 0 Å². The van der Waals surface area contributed by atoms with Crippen molar-refractivity contribution in [1.29, 1.82) is 0 Å². The number of nitro groups is 1. The van der Waals surface area contributed by atoms with Crippen LogP contribution in [0.15, 0.2) is 18.2 Å². The Bertz CT molecular complexity index is 599. The zero-order valence-electron chi connectivity index (χ0n) is 14.4. The van der Waals surface area contributed by atoms with Crippen molar-refractivity contribution in [2.45, 2.75) is 51.2 Å². The Labute approximate surface area is 141 Å². The molecule has 0 spiro atoms. The van der Waals surface area contributed by atoms with Crippen LogP contribution in [-0.4, -0.2) is 42.0 Å². The van der Waals surface area contributed by atoms with Crippen molar-refractivity contribution < 1.29 is 19.2 Å². The molecule has 1 aliphatic rings. The van der Waals surface area contributed by atoms with Gasteiger partial charge in [0.25, 0.3) is 11.6 Å². The molecular formula is C17H24N2O5. The molecule has 132 valence electrons. The Kier molecular flexibility index (Phi) is 6.00. The molecule has 1 amide bonds. The summed E-state index contributed by atoms with van der Waals surface area (Å²) in [5.41, 5.74) is -0.105. The van der Waals surface area contributed by atoms with E-state index in [1.165, 1.54) is 31.7 Å². The summed E-state index contributed by atoms with van der Waals surface area (Å²) in [5.74, 6) is 0.431. The van der Waals surface area contributed by atoms with Crippen molar-refractivity contribution in [2.75, 3.05) is 14.2 Å². The molecule has 1 aromatic rings. The van der Waals surface area contributed by atoms with E-state index < -0.39 is 11.0 Å². The summed E-state index contributed by atoms with van der Waals surface area (Å²) in [6.07, 6.45) is 4.76. The molecule has 7 nitrogen and oxygen atoms in total. The number of likely N-dealkylation sites (N-methyl/N-ethyl adjacent to an activating group) is 1. The van der Waals surface area contributed by atoms with Crippen LogP contribution in [0.4, 0.5) is 5.69 Å². The zero-order chi connectivity index (χ0) is 17.7. The predicted octanol–water partition coefficient (Wildman–Crippen LogP) is 3.16. The molecule has 1 saturated carbocycles. The molecule has 0 aliphatic heterocycles. The fourth-order valence-corrected chi connectivity index (χ4v) is 3.05. The lowest BCUT2D eigenvalue weighted by Crippen LogP contribution is -2.44. The van der Waals surface area contributed by atoms with Crippen LogP contribution in [0.2, 0.25) is 0 Å². The number of methoxy groups -OCH3 is 1. The summed E-state index contributed by atoms with van der Waals surface area (Å²) < 4.78 is 10.8. The van der Waals surface area contributed by atoms with Crippen LogP contribution in [0, 0.1) is 10.1 Å². The van der Waals surface area contributed by atoms with Gasteiger partial charge in [-0.1, -0.05) is 19.3 Å². The van der Waals surface area contributed by atoms with Crippen molar-refractivity contribution in [3.05, 3.63) is 28.3 Å². The second kappa shape index (κ2) is 7.99. The lowest BCUT2D eigenvalue weighted by molar-refractivity contribution is -0.385. The number of ether oxygens (including phenoxy) is 2. The Morgan fingerprint density at radius 3 is 2.54 bits per heavy atom. The van der Waals surface area contributed by atoms with Gasteiger partial charge in [-0.05, 0) is 25.8 Å². The fourth-order valence-electron chi connectivity index (χ4n) is 3.05. The molecule has 1 fully saturated rings. The smallest absolute Gasteiger partial charge is 0.273 e. The monoisotopic (exact) mass is 336 g/mol. The van der Waals surface area contributed by atoms with Gasteiger partial charge in [0.05, 0.1) is 18.1 Å². The first-order chi connectivity index (χ1) is 11.4. The third-order valence-corrected chi connectivity index (χ3v) is 4.48. The van der Waals surface area contributed by atoms with Crippen molar-refractivity contribution >= 4 is 11.6 Å². The zero-order valence-corrected chi connectivity index (χ0v) is 14.4. The second-order valence-corrected chi connectivity index (χ2v) is 6.09. The van der Waals surface area contributed by atoms with Gasteiger partial charge in [0.1, 0.15) is 0 Å². The fraction of sp³-hybridized carbons (Fsp3) is 0.588. The maximum Gasteiger partial charge on any atom is 0.273 e. The molecule has 1 unspecified atom stereocenters. The summed E-state index contributed by atoms with van der Waals surface area (Å²) in [4.78, 5) is 24.7. The Hall–Kier alpha value is -2.31. The first-order valence-electron chi connectivity index (χ1n) is 8.19. The highest BCUT2D eigenvalue weighted by molar-refractivity contribution is 5.81. The summed E-state index contributed by atoms with van der Waals surface area (Å²) in [6.45, 7) is 1.65. The molecular weight excluding hydrogens is 312 g/mol. The van der Waals surface area contributed by atoms with Crippen LogP contribution in [0.25, 0.3) is 0 Å². The van der Waals surface area contributed by atoms with E-state index in [2.05, 4.69) is 0 Å². The summed E-state index contributed by atoms with van der Waals surface area (Å²) in [5, 5.41) is 10.9. The Balaban J connectivity index is 2.09. The van der Waals surface area contributed by atoms with Gasteiger partial charge < -0.3 is 14.4 Å². The van der Waals surface area contributed by atoms with Crippen molar-refractivity contribution in [3.8, 4) is 11.5 Å². The highest BCUT2D eigenvalue weighted by Crippen LogP contribution is 2.32. The van der Waals surface area contributed by atoms with E-state index >= 15 is 0 Å². The third kappa shape index (κ3) is 4.15. The van der Waals surface area contributed by atoms with E-state index in [-0.39, 0.29) is 23.4 Å². The normalized spacial score (nSPS) is 16.3. The molecule has 24 heavy (non-hydrogen) atoms. The number of amides is 1. The summed E-state index contributed by atoms with van der Waals surface area (Å²) >= 11 is 0. The first-order valence-corrected chi connectivity index (χ1v) is 8.19. The second-order valence-electron chi connectivity index (χ2n) is 6.09. The highest BCUT2D eigenvalue weighted by atomic mass is 16.6. The van der Waals surface area contributed by atoms with Crippen molar-refractivity contribution in [1.82, 2.24) is 4.90 Å². The number of rotatable bonds is 6. The molecule has 1 aliphatic carbocycles. The Morgan fingerprint density at radius 1 is 1.29 bits per heavy atom. The van der Waals surface area contributed by atoms with Gasteiger partial charge >= 0.3 is 0 Å². The van der Waals surface area contributed by atoms with Gasteiger partial charge in [0.2, 0.25) is 0 Å². The minimum absolute atomic E-state index is 0.105. The van der Waals surface area contributed by atoms with Gasteiger partial charge in [-0.2, -0.15) is 0 Å². The molecule has 0 bridgehead atoms. The molecule has 0 radical (unpaired) electrons. The van der Waals surface area contributed by atoms with E-state index in [1.807, 2.05) is 0 Å². The maximum absolute atomic E-state index is 12.6. The topological polar surface area (TPSA) is 81.9 Å². The molecule has 1 atom stereocenters. The lowest BCUT2D eigenvalue weighted by Gasteiger charge is -2.33. The number of nitro benzene ring substituents is 1. The predicted molar refractivity (Wildman–Crippen MR) is 89.4 cm³/mol. The van der Waals surface area contributed by atoms with Gasteiger partial charge in [-0.25, -0.2) is 0 Å². The minimum atomic E-state index is -0.743. The average molecular weight is 336 g/mol. The minimum Gasteiger partial charge on any atom is -0.493 e. The quantitative estimate of drug-likeness (QED) is 0.589. The van der Waals surface area contributed by atoms with Crippen molar-refractivity contribution in [3.63, 3.8) is 0 Å². The van der Waals surface area contributed by atoms with Gasteiger partial charge in [0, 0.05) is 19.2 Å². The number of carbonyl (C=O) groups is 1. The number of nitrogens with zero attached hydrogens (tertiary/aromatic N) is 2. The molecule has 0 N–H and O–H groups in total. The molecule has 1 aromatic carbocycles. The summed E-state index contributed by atoms with van der Waals surface area (Å²) in [7, 11) is 3.25. The Morgan fingerprint density at radius 2 is 1.96 bits per heavy atom. The number of non-ortho nitro benzene ring substituents is 1. The molecule has 0 heterocycles. The van der Waals surface area contributed by atoms with E-state index in [1.54, 1.807) is 18.9 Å². The third-order valence-electron chi connectivity index (χ3n) is 4.48. The van der Waals surface area contributed by atoms with Crippen LogP contribution < -0.4 is 9.47 Å². The molecule has 0 saturated heterocycles. The van der Waals surface area contributed by atoms with Crippen molar-refractivity contribution in [2.24, 2.45) is 0 Å². The standard InChI is InChI=1S/C17H24N2O5/c1-12(17(20)18(2)13-7-5-4-6-8-13)24-16-11-14(19(21)22)9-10-15(16)23-3/h9-13H,4-8H2,1-3H3. The van der Waals surface area contributed by atoms with E-state index in [0.29, 0.717) is 5.75 Å². The molecule has 7 heteroatoms. The number of benzene rings is 1. The van der Waals surface area contributed by atoms with E-state index in [9.17, 15) is 14.9 Å². The van der Waals surface area contributed by atoms with Crippen LogP contribution in [0.3, 0.4) is 0 Å². The van der Waals surface area contributed by atoms with E-state index in [0.717, 1.165) is 25.7 Å². The van der Waals surface area contributed by atoms with Crippen LogP contribution in [-0.2, 0) is 4.79 Å². The van der Waals surface area contributed by atoms with E-state index in [4.69, 9.17) is 9.47 Å². The highest BCUT2D eigenvalue weighted by Gasteiger charge is 2.27. The van der Waals surface area contributed by atoms with Gasteiger partial charge in [-0.15, -0.1) is 0 Å². The number of carbonyl (C=O) groups excluding carboxylic acids is 1. The van der Waals surface area contributed by atoms with Crippen LogP contribution in [0.1, 0.15) is 39.0 Å². The summed E-state index contributed by atoms with van der Waals surface area (Å²) in [6, 6.07) is 4.33. The van der Waals surface area contributed by atoms with Gasteiger partial charge in [0.15, 0.2) is 17.6 Å². The lowest BCUT2D eigenvalue weighted by atomic mass is 9.94. The number of hydrogen-bond acceptors (Lipinski definition) is 5. The average Bonchev–Trinajstić information content (AvgIpc) is 2.60. The SMILES string of the molecule is COc1ccc([N+](=O)[O-])cc1OC(C)C(=O)N(C)C1CCCCC1. The molecule has 0 aromatic heterocycles. The van der Waals surface area contributed by atoms with Gasteiger partial charge in [-0.3, -0.25) is 14.9 Å². The molecule has 2 rings (SSSR count). The number of hydrogen-bond donors (Lipinski definition) is 0. The van der Waals surface area contributed by atoms with Crippen LogP contribution in [0.5, 0.6) is 11.5 Å². The largest absolute Gasteiger partial charge is 0.493 e. The maximum atomic E-state index is 12.6.